The molecule has 0 radical (unpaired) electrons. The van der Waals surface area contributed by atoms with E-state index in [2.05, 4.69) is 6.92 Å². The molecular weight excluding hydrogens is 175 g/mol. The highest BCUT2D eigenvalue weighted by atomic mass is 35.5. The summed E-state index contributed by atoms with van der Waals surface area (Å²) in [5.74, 6) is 0.440. The summed E-state index contributed by atoms with van der Waals surface area (Å²) in [6, 6.07) is 0. The van der Waals surface area contributed by atoms with Crippen molar-refractivity contribution < 1.29 is 4.39 Å². The van der Waals surface area contributed by atoms with E-state index in [0.717, 1.165) is 32.1 Å². The van der Waals surface area contributed by atoms with Crippen LogP contribution in [0.15, 0.2) is 0 Å². The molecule has 0 aromatic carbocycles. The Kier molecular flexibility index (Phi) is 4.34. The minimum Gasteiger partial charge on any atom is -0.247 e. The Hall–Kier alpha value is 0.220. The largest absolute Gasteiger partial charge is 0.247 e. The van der Waals surface area contributed by atoms with E-state index < -0.39 is 6.17 Å². The molecule has 72 valence electrons. The van der Waals surface area contributed by atoms with E-state index in [1.54, 1.807) is 0 Å². The van der Waals surface area contributed by atoms with Gasteiger partial charge in [-0.1, -0.05) is 19.8 Å². The highest BCUT2D eigenvalue weighted by molar-refractivity contribution is 6.20. The SMILES string of the molecule is CCCC(Cl)C1CCCC(F)C1. The molecule has 1 rings (SSSR count). The summed E-state index contributed by atoms with van der Waals surface area (Å²) in [7, 11) is 0. The van der Waals surface area contributed by atoms with Crippen LogP contribution in [-0.4, -0.2) is 11.5 Å². The van der Waals surface area contributed by atoms with Crippen molar-refractivity contribution in [3.8, 4) is 0 Å². The van der Waals surface area contributed by atoms with Gasteiger partial charge in [-0.15, -0.1) is 11.6 Å². The lowest BCUT2D eigenvalue weighted by Crippen LogP contribution is -2.23. The summed E-state index contributed by atoms with van der Waals surface area (Å²) in [4.78, 5) is 0. The van der Waals surface area contributed by atoms with Crippen LogP contribution < -0.4 is 0 Å². The first kappa shape index (κ1) is 10.3. The maximum Gasteiger partial charge on any atom is 0.100 e. The van der Waals surface area contributed by atoms with E-state index in [1.165, 1.54) is 0 Å². The van der Waals surface area contributed by atoms with Crippen molar-refractivity contribution in [1.82, 2.24) is 0 Å². The van der Waals surface area contributed by atoms with Gasteiger partial charge in [0, 0.05) is 5.38 Å². The second kappa shape index (κ2) is 5.06. The van der Waals surface area contributed by atoms with Gasteiger partial charge < -0.3 is 0 Å². The molecule has 0 N–H and O–H groups in total. The zero-order valence-electron chi connectivity index (χ0n) is 7.73. The Morgan fingerprint density at radius 2 is 2.25 bits per heavy atom. The summed E-state index contributed by atoms with van der Waals surface area (Å²) in [6.07, 6.45) is 5.19. The molecule has 1 aliphatic rings. The molecule has 0 amide bonds. The first-order valence-corrected chi connectivity index (χ1v) is 5.45. The van der Waals surface area contributed by atoms with Gasteiger partial charge in [0.2, 0.25) is 0 Å². The van der Waals surface area contributed by atoms with Gasteiger partial charge in [-0.2, -0.15) is 0 Å². The number of alkyl halides is 2. The van der Waals surface area contributed by atoms with Crippen LogP contribution in [0.3, 0.4) is 0 Å². The lowest BCUT2D eigenvalue weighted by molar-refractivity contribution is 0.192. The summed E-state index contributed by atoms with van der Waals surface area (Å²) < 4.78 is 13.0. The van der Waals surface area contributed by atoms with Crippen LogP contribution in [-0.2, 0) is 0 Å². The van der Waals surface area contributed by atoms with Gasteiger partial charge in [-0.05, 0) is 31.6 Å². The minimum absolute atomic E-state index is 0.216. The first-order chi connectivity index (χ1) is 5.74. The third-order valence-electron chi connectivity index (χ3n) is 2.73. The van der Waals surface area contributed by atoms with Crippen LogP contribution in [0, 0.1) is 5.92 Å². The molecule has 0 spiro atoms. The van der Waals surface area contributed by atoms with Gasteiger partial charge in [-0.25, -0.2) is 4.39 Å². The number of hydrogen-bond donors (Lipinski definition) is 0. The van der Waals surface area contributed by atoms with Gasteiger partial charge in [0.05, 0.1) is 0 Å². The third-order valence-corrected chi connectivity index (χ3v) is 3.30. The molecule has 12 heavy (non-hydrogen) atoms. The highest BCUT2D eigenvalue weighted by Gasteiger charge is 2.26. The lowest BCUT2D eigenvalue weighted by atomic mass is 9.84. The predicted octanol–water partition coefficient (Wildman–Crippen LogP) is 3.92. The molecule has 0 nitrogen and oxygen atoms in total. The highest BCUT2D eigenvalue weighted by Crippen LogP contribution is 2.32. The molecule has 1 aliphatic carbocycles. The topological polar surface area (TPSA) is 0 Å². The fourth-order valence-corrected chi connectivity index (χ4v) is 2.45. The van der Waals surface area contributed by atoms with Crippen molar-refractivity contribution >= 4 is 11.6 Å². The van der Waals surface area contributed by atoms with Crippen LogP contribution in [0.25, 0.3) is 0 Å². The molecule has 3 atom stereocenters. The zero-order valence-corrected chi connectivity index (χ0v) is 8.49. The van der Waals surface area contributed by atoms with Gasteiger partial charge >= 0.3 is 0 Å². The van der Waals surface area contributed by atoms with E-state index >= 15 is 0 Å². The average Bonchev–Trinajstić information content (AvgIpc) is 2.05. The molecule has 0 aromatic rings. The fraction of sp³-hybridized carbons (Fsp3) is 1.00. The second-order valence-electron chi connectivity index (χ2n) is 3.83. The molecule has 0 aliphatic heterocycles. The monoisotopic (exact) mass is 192 g/mol. The maximum absolute atomic E-state index is 13.0. The normalized spacial score (nSPS) is 33.2. The second-order valence-corrected chi connectivity index (χ2v) is 4.39. The molecule has 3 unspecified atom stereocenters. The average molecular weight is 193 g/mol. The Morgan fingerprint density at radius 1 is 1.50 bits per heavy atom. The number of rotatable bonds is 3. The van der Waals surface area contributed by atoms with Crippen LogP contribution in [0.1, 0.15) is 45.4 Å². The first-order valence-electron chi connectivity index (χ1n) is 5.02. The van der Waals surface area contributed by atoms with Crippen LogP contribution in [0.4, 0.5) is 4.39 Å². The van der Waals surface area contributed by atoms with E-state index in [1.807, 2.05) is 0 Å². The van der Waals surface area contributed by atoms with Crippen molar-refractivity contribution in [3.05, 3.63) is 0 Å². The van der Waals surface area contributed by atoms with Crippen LogP contribution in [0.5, 0.6) is 0 Å². The number of halogens is 2. The molecule has 0 aromatic heterocycles. The summed E-state index contributed by atoms with van der Waals surface area (Å²) in [6.45, 7) is 2.13. The van der Waals surface area contributed by atoms with Crippen molar-refractivity contribution in [2.75, 3.05) is 0 Å². The van der Waals surface area contributed by atoms with Crippen LogP contribution in [0.2, 0.25) is 0 Å². The molecule has 2 heteroatoms. The van der Waals surface area contributed by atoms with E-state index in [0.29, 0.717) is 12.3 Å². The standard InChI is InChI=1S/C10H18ClF/c1-2-4-10(11)8-5-3-6-9(12)7-8/h8-10H,2-7H2,1H3. The Labute approximate surface area is 79.5 Å². The Morgan fingerprint density at radius 3 is 2.83 bits per heavy atom. The van der Waals surface area contributed by atoms with Crippen molar-refractivity contribution in [1.29, 1.82) is 0 Å². The van der Waals surface area contributed by atoms with Crippen molar-refractivity contribution in [2.24, 2.45) is 5.92 Å². The van der Waals surface area contributed by atoms with E-state index in [9.17, 15) is 4.39 Å². The van der Waals surface area contributed by atoms with Gasteiger partial charge in [-0.3, -0.25) is 0 Å². The fourth-order valence-electron chi connectivity index (χ4n) is 2.01. The molecular formula is C10H18ClF. The minimum atomic E-state index is -0.582. The maximum atomic E-state index is 13.0. The zero-order chi connectivity index (χ0) is 8.97. The van der Waals surface area contributed by atoms with Crippen molar-refractivity contribution in [2.45, 2.75) is 57.0 Å². The van der Waals surface area contributed by atoms with Gasteiger partial charge in [0.25, 0.3) is 0 Å². The van der Waals surface area contributed by atoms with E-state index in [-0.39, 0.29) is 5.38 Å². The molecule has 1 fully saturated rings. The van der Waals surface area contributed by atoms with Crippen LogP contribution >= 0.6 is 11.6 Å². The Balaban J connectivity index is 2.29. The third kappa shape index (κ3) is 2.93. The quantitative estimate of drug-likeness (QED) is 0.595. The molecule has 0 saturated heterocycles. The smallest absolute Gasteiger partial charge is 0.100 e. The molecule has 1 saturated carbocycles. The summed E-state index contributed by atoms with van der Waals surface area (Å²) in [5, 5.41) is 0.216. The number of hydrogen-bond acceptors (Lipinski definition) is 0. The summed E-state index contributed by atoms with van der Waals surface area (Å²) in [5.41, 5.74) is 0. The van der Waals surface area contributed by atoms with Crippen molar-refractivity contribution in [3.63, 3.8) is 0 Å². The lowest BCUT2D eigenvalue weighted by Gasteiger charge is -2.28. The Bertz CT molecular complexity index is 127. The van der Waals surface area contributed by atoms with Gasteiger partial charge in [0.15, 0.2) is 0 Å². The molecule has 0 heterocycles. The van der Waals surface area contributed by atoms with E-state index in [4.69, 9.17) is 11.6 Å². The van der Waals surface area contributed by atoms with Gasteiger partial charge in [0.1, 0.15) is 6.17 Å². The molecule has 0 bridgehead atoms. The predicted molar refractivity (Wildman–Crippen MR) is 51.4 cm³/mol. The summed E-state index contributed by atoms with van der Waals surface area (Å²) >= 11 is 6.16.